The van der Waals surface area contributed by atoms with Crippen molar-refractivity contribution in [2.24, 2.45) is 11.8 Å². The van der Waals surface area contributed by atoms with E-state index in [1.807, 2.05) is 4.90 Å². The predicted molar refractivity (Wildman–Crippen MR) is 117 cm³/mol. The number of amides is 2. The average molecular weight is 429 g/mol. The molecule has 1 aliphatic carbocycles. The molecule has 30 heavy (non-hydrogen) atoms. The zero-order valence-electron chi connectivity index (χ0n) is 17.6. The molecule has 1 saturated carbocycles. The van der Waals surface area contributed by atoms with Gasteiger partial charge in [0.15, 0.2) is 0 Å². The van der Waals surface area contributed by atoms with E-state index in [4.69, 9.17) is 0 Å². The van der Waals surface area contributed by atoms with Crippen LogP contribution in [-0.4, -0.2) is 41.2 Å². The molecule has 0 radical (unpaired) electrons. The number of benzene rings is 1. The topological polar surface area (TPSA) is 40.6 Å². The Labute approximate surface area is 181 Å². The first-order valence-electron chi connectivity index (χ1n) is 10.8. The quantitative estimate of drug-likeness (QED) is 0.672. The van der Waals surface area contributed by atoms with Crippen LogP contribution in [0.3, 0.4) is 0 Å². The van der Waals surface area contributed by atoms with E-state index in [1.54, 1.807) is 28.4 Å². The van der Waals surface area contributed by atoms with Crippen molar-refractivity contribution in [3.8, 4) is 0 Å². The summed E-state index contributed by atoms with van der Waals surface area (Å²) in [7, 11) is 0. The number of nitrogens with zero attached hydrogens (tertiary/aromatic N) is 2. The Bertz CT molecular complexity index is 904. The van der Waals surface area contributed by atoms with Gasteiger partial charge in [0.25, 0.3) is 0 Å². The van der Waals surface area contributed by atoms with Gasteiger partial charge in [0.2, 0.25) is 11.8 Å². The average Bonchev–Trinajstić information content (AvgIpc) is 3.14. The molecule has 0 unspecified atom stereocenters. The molecule has 4 nitrogen and oxygen atoms in total. The van der Waals surface area contributed by atoms with Crippen molar-refractivity contribution in [1.82, 2.24) is 9.80 Å². The summed E-state index contributed by atoms with van der Waals surface area (Å²) >= 11 is 1.71. The Hall–Kier alpha value is -2.21. The fraction of sp³-hybridized carbons (Fsp3) is 0.500. The number of hydrogen-bond acceptors (Lipinski definition) is 3. The second-order valence-electron chi connectivity index (χ2n) is 8.83. The molecule has 6 heteroatoms. The van der Waals surface area contributed by atoms with Gasteiger partial charge < -0.3 is 9.80 Å². The van der Waals surface area contributed by atoms with Gasteiger partial charge in [-0.3, -0.25) is 9.59 Å². The van der Waals surface area contributed by atoms with Gasteiger partial charge in [-0.25, -0.2) is 4.39 Å². The first-order chi connectivity index (χ1) is 14.4. The fourth-order valence-corrected chi connectivity index (χ4v) is 5.33. The van der Waals surface area contributed by atoms with Crippen LogP contribution < -0.4 is 0 Å². The number of halogens is 1. The Morgan fingerprint density at radius 1 is 1.20 bits per heavy atom. The maximum atomic E-state index is 13.5. The van der Waals surface area contributed by atoms with Crippen LogP contribution in [-0.2, 0) is 16.0 Å². The van der Waals surface area contributed by atoms with Gasteiger partial charge in [0.05, 0.1) is 12.6 Å². The zero-order valence-corrected chi connectivity index (χ0v) is 18.5. The summed E-state index contributed by atoms with van der Waals surface area (Å²) in [6, 6.07) is 8.26. The molecule has 4 rings (SSSR count). The minimum absolute atomic E-state index is 0.0329. The Morgan fingerprint density at radius 3 is 2.57 bits per heavy atom. The minimum Gasteiger partial charge on any atom is -0.333 e. The summed E-state index contributed by atoms with van der Waals surface area (Å²) in [4.78, 5) is 31.3. The third-order valence-corrected chi connectivity index (χ3v) is 7.15. The number of fused-ring (bicyclic) bond motifs is 1. The third-order valence-electron chi connectivity index (χ3n) is 6.15. The summed E-state index contributed by atoms with van der Waals surface area (Å²) in [5, 5.41) is 2.06. The van der Waals surface area contributed by atoms with E-state index >= 15 is 0 Å². The fourth-order valence-electron chi connectivity index (χ4n) is 4.43. The largest absolute Gasteiger partial charge is 0.333 e. The molecule has 0 spiro atoms. The molecule has 160 valence electrons. The number of carbonyl (C=O) groups is 2. The SMILES string of the molecule is CC(C)CN(CC(=O)N1CCc2sccc2[C@H]1c1ccc(F)cc1)C(=O)C1CCC1. The maximum Gasteiger partial charge on any atom is 0.242 e. The molecular formula is C24H29FN2O2S. The van der Waals surface area contributed by atoms with E-state index in [1.165, 1.54) is 17.0 Å². The second kappa shape index (κ2) is 8.88. The molecule has 1 atom stereocenters. The van der Waals surface area contributed by atoms with E-state index in [0.29, 0.717) is 19.0 Å². The van der Waals surface area contributed by atoms with Crippen LogP contribution in [0.15, 0.2) is 35.7 Å². The van der Waals surface area contributed by atoms with E-state index in [2.05, 4.69) is 25.3 Å². The summed E-state index contributed by atoms with van der Waals surface area (Å²) in [5.74, 6) is 0.186. The van der Waals surface area contributed by atoms with Crippen molar-refractivity contribution in [3.05, 3.63) is 57.5 Å². The Kier molecular flexibility index (Phi) is 6.23. The summed E-state index contributed by atoms with van der Waals surface area (Å²) in [5.41, 5.74) is 2.02. The highest BCUT2D eigenvalue weighted by molar-refractivity contribution is 7.10. The normalized spacial score (nSPS) is 18.8. The highest BCUT2D eigenvalue weighted by Crippen LogP contribution is 2.38. The highest BCUT2D eigenvalue weighted by Gasteiger charge is 2.36. The molecule has 2 aromatic rings. The van der Waals surface area contributed by atoms with Crippen molar-refractivity contribution in [1.29, 1.82) is 0 Å². The van der Waals surface area contributed by atoms with Gasteiger partial charge in [-0.1, -0.05) is 32.4 Å². The van der Waals surface area contributed by atoms with Gasteiger partial charge in [-0.15, -0.1) is 11.3 Å². The molecule has 0 saturated heterocycles. The van der Waals surface area contributed by atoms with E-state index < -0.39 is 0 Å². The van der Waals surface area contributed by atoms with Gasteiger partial charge >= 0.3 is 0 Å². The van der Waals surface area contributed by atoms with E-state index in [0.717, 1.165) is 36.8 Å². The van der Waals surface area contributed by atoms with Crippen LogP contribution >= 0.6 is 11.3 Å². The van der Waals surface area contributed by atoms with Crippen molar-refractivity contribution < 1.29 is 14.0 Å². The van der Waals surface area contributed by atoms with Crippen LogP contribution in [0.1, 0.15) is 55.2 Å². The molecule has 1 fully saturated rings. The standard InChI is InChI=1S/C24H29FN2O2S/c1-16(2)14-26(24(29)18-4-3-5-18)15-22(28)27-12-10-21-20(11-13-30-21)23(27)17-6-8-19(25)9-7-17/h6-9,11,13,16,18,23H,3-5,10,12,14-15H2,1-2H3/t23-/m1/s1. The monoisotopic (exact) mass is 428 g/mol. The molecule has 1 aliphatic heterocycles. The summed E-state index contributed by atoms with van der Waals surface area (Å²) in [6.45, 7) is 5.47. The molecule has 1 aromatic carbocycles. The lowest BCUT2D eigenvalue weighted by molar-refractivity contribution is -0.146. The Morgan fingerprint density at radius 2 is 1.93 bits per heavy atom. The summed E-state index contributed by atoms with van der Waals surface area (Å²) in [6.07, 6.45) is 3.78. The first-order valence-corrected chi connectivity index (χ1v) is 11.7. The van der Waals surface area contributed by atoms with Crippen LogP contribution in [0.4, 0.5) is 4.39 Å². The molecule has 2 amide bonds. The highest BCUT2D eigenvalue weighted by atomic mass is 32.1. The number of thiophene rings is 1. The number of carbonyl (C=O) groups excluding carboxylic acids is 2. The molecule has 2 heterocycles. The van der Waals surface area contributed by atoms with Gasteiger partial charge in [-0.2, -0.15) is 0 Å². The second-order valence-corrected chi connectivity index (χ2v) is 9.83. The van der Waals surface area contributed by atoms with Crippen LogP contribution in [0.25, 0.3) is 0 Å². The van der Waals surface area contributed by atoms with Crippen LogP contribution in [0.2, 0.25) is 0 Å². The number of rotatable bonds is 6. The lowest BCUT2D eigenvalue weighted by atomic mass is 9.84. The lowest BCUT2D eigenvalue weighted by Crippen LogP contribution is -2.49. The first kappa shape index (κ1) is 21.0. The summed E-state index contributed by atoms with van der Waals surface area (Å²) < 4.78 is 13.5. The van der Waals surface area contributed by atoms with Crippen molar-refractivity contribution in [2.45, 2.75) is 45.6 Å². The molecule has 0 N–H and O–H groups in total. The predicted octanol–water partition coefficient (Wildman–Crippen LogP) is 4.65. The van der Waals surface area contributed by atoms with E-state index in [-0.39, 0.29) is 36.1 Å². The lowest BCUT2D eigenvalue weighted by Gasteiger charge is -2.39. The van der Waals surface area contributed by atoms with Crippen LogP contribution in [0.5, 0.6) is 0 Å². The molecule has 2 aliphatic rings. The van der Waals surface area contributed by atoms with E-state index in [9.17, 15) is 14.0 Å². The van der Waals surface area contributed by atoms with Crippen LogP contribution in [0, 0.1) is 17.7 Å². The molecular weight excluding hydrogens is 399 g/mol. The maximum absolute atomic E-state index is 13.5. The molecule has 1 aromatic heterocycles. The molecule has 0 bridgehead atoms. The van der Waals surface area contributed by atoms with Gasteiger partial charge in [-0.05, 0) is 59.9 Å². The smallest absolute Gasteiger partial charge is 0.242 e. The van der Waals surface area contributed by atoms with Crippen molar-refractivity contribution in [2.75, 3.05) is 19.6 Å². The van der Waals surface area contributed by atoms with Gasteiger partial charge in [0, 0.05) is 23.9 Å². The zero-order chi connectivity index (χ0) is 21.3. The minimum atomic E-state index is -0.285. The number of hydrogen-bond donors (Lipinski definition) is 0. The van der Waals surface area contributed by atoms with Crippen molar-refractivity contribution >= 4 is 23.2 Å². The van der Waals surface area contributed by atoms with Crippen molar-refractivity contribution in [3.63, 3.8) is 0 Å². The van der Waals surface area contributed by atoms with Gasteiger partial charge in [0.1, 0.15) is 5.82 Å². The Balaban J connectivity index is 1.59. The third kappa shape index (κ3) is 4.29.